The maximum Gasteiger partial charge on any atom is 0.151 e. The van der Waals surface area contributed by atoms with Crippen LogP contribution in [-0.2, 0) is 16.4 Å². The minimum absolute atomic E-state index is 0.0772. The highest BCUT2D eigenvalue weighted by Gasteiger charge is 2.24. The molecule has 1 atom stereocenters. The van der Waals surface area contributed by atoms with Gasteiger partial charge in [0.05, 0.1) is 11.5 Å². The van der Waals surface area contributed by atoms with E-state index in [-0.39, 0.29) is 11.8 Å². The Morgan fingerprint density at radius 1 is 1.59 bits per heavy atom. The fourth-order valence-electron chi connectivity index (χ4n) is 1.91. The summed E-state index contributed by atoms with van der Waals surface area (Å²) in [5, 5.41) is 3.29. The van der Waals surface area contributed by atoms with Gasteiger partial charge in [0, 0.05) is 21.9 Å². The molecule has 96 valence electrons. The normalized spacial score (nSPS) is 23.8. The van der Waals surface area contributed by atoms with Crippen molar-refractivity contribution in [2.45, 2.75) is 25.4 Å². The van der Waals surface area contributed by atoms with Crippen LogP contribution in [0, 0.1) is 0 Å². The Hall–Kier alpha value is 0.380. The van der Waals surface area contributed by atoms with Crippen molar-refractivity contribution in [2.24, 2.45) is 0 Å². The van der Waals surface area contributed by atoms with Crippen LogP contribution in [0.15, 0.2) is 10.5 Å². The van der Waals surface area contributed by atoms with Crippen molar-refractivity contribution < 1.29 is 8.42 Å². The maximum absolute atomic E-state index is 11.5. The van der Waals surface area contributed by atoms with Gasteiger partial charge in [-0.2, -0.15) is 0 Å². The number of hydrogen-bond acceptors (Lipinski definition) is 4. The van der Waals surface area contributed by atoms with Gasteiger partial charge >= 0.3 is 0 Å². The number of thiophene rings is 1. The lowest BCUT2D eigenvalue weighted by molar-refractivity contribution is 0.482. The molecule has 1 aromatic heterocycles. The Balaban J connectivity index is 1.90. The standard InChI is InChI=1S/C10H13BrClNO2S2/c11-9-4-8(16-10(9)12)5-13-7-2-1-3-17(14,15)6-7/h4,7,13H,1-3,5-6H2. The van der Waals surface area contributed by atoms with Crippen LogP contribution in [0.4, 0.5) is 0 Å². The number of nitrogens with one attached hydrogen (secondary N) is 1. The molecule has 1 fully saturated rings. The van der Waals surface area contributed by atoms with Crippen LogP contribution in [0.1, 0.15) is 17.7 Å². The predicted octanol–water partition coefficient (Wildman–Crippen LogP) is 2.83. The van der Waals surface area contributed by atoms with Gasteiger partial charge in [-0.05, 0) is 34.8 Å². The summed E-state index contributed by atoms with van der Waals surface area (Å²) in [5.41, 5.74) is 0. The third-order valence-electron chi connectivity index (χ3n) is 2.72. The molecule has 0 aromatic carbocycles. The molecule has 1 N–H and O–H groups in total. The number of halogens is 2. The molecule has 1 unspecified atom stereocenters. The van der Waals surface area contributed by atoms with Gasteiger partial charge < -0.3 is 5.32 Å². The Morgan fingerprint density at radius 3 is 2.94 bits per heavy atom. The molecule has 1 aliphatic rings. The van der Waals surface area contributed by atoms with Crippen molar-refractivity contribution in [3.63, 3.8) is 0 Å². The van der Waals surface area contributed by atoms with Gasteiger partial charge in [0.25, 0.3) is 0 Å². The highest BCUT2D eigenvalue weighted by molar-refractivity contribution is 9.10. The van der Waals surface area contributed by atoms with Crippen LogP contribution in [-0.4, -0.2) is 26.0 Å². The summed E-state index contributed by atoms with van der Waals surface area (Å²) in [5.74, 6) is 0.592. The zero-order valence-electron chi connectivity index (χ0n) is 9.08. The SMILES string of the molecule is O=S1(=O)CCCC(NCc2cc(Br)c(Cl)s2)C1. The summed E-state index contributed by atoms with van der Waals surface area (Å²) < 4.78 is 24.6. The summed E-state index contributed by atoms with van der Waals surface area (Å²) in [6.45, 7) is 0.677. The molecular weight excluding hydrogens is 346 g/mol. The summed E-state index contributed by atoms with van der Waals surface area (Å²) >= 11 is 10.8. The van der Waals surface area contributed by atoms with Gasteiger partial charge in [0.1, 0.15) is 4.34 Å². The quantitative estimate of drug-likeness (QED) is 0.904. The van der Waals surface area contributed by atoms with Crippen LogP contribution in [0.3, 0.4) is 0 Å². The molecule has 0 saturated carbocycles. The van der Waals surface area contributed by atoms with Gasteiger partial charge in [0.2, 0.25) is 0 Å². The minimum atomic E-state index is -2.83. The van der Waals surface area contributed by atoms with Gasteiger partial charge in [0.15, 0.2) is 9.84 Å². The molecule has 0 amide bonds. The molecule has 0 radical (unpaired) electrons. The molecule has 7 heteroatoms. The molecule has 1 aromatic rings. The topological polar surface area (TPSA) is 46.2 Å². The van der Waals surface area contributed by atoms with Crippen molar-refractivity contribution in [1.29, 1.82) is 0 Å². The van der Waals surface area contributed by atoms with Crippen molar-refractivity contribution in [1.82, 2.24) is 5.32 Å². The van der Waals surface area contributed by atoms with Crippen LogP contribution >= 0.6 is 38.9 Å². The van der Waals surface area contributed by atoms with E-state index in [4.69, 9.17) is 11.6 Å². The molecule has 1 aliphatic heterocycles. The summed E-state index contributed by atoms with van der Waals surface area (Å²) in [7, 11) is -2.83. The average Bonchev–Trinajstić information content (AvgIpc) is 2.54. The molecule has 3 nitrogen and oxygen atoms in total. The Labute approximate surface area is 119 Å². The van der Waals surface area contributed by atoms with E-state index < -0.39 is 9.84 Å². The van der Waals surface area contributed by atoms with Crippen molar-refractivity contribution >= 4 is 48.7 Å². The molecule has 17 heavy (non-hydrogen) atoms. The highest BCUT2D eigenvalue weighted by atomic mass is 79.9. The molecule has 2 rings (SSSR count). The van der Waals surface area contributed by atoms with E-state index in [9.17, 15) is 8.42 Å². The minimum Gasteiger partial charge on any atom is -0.308 e. The molecule has 0 aliphatic carbocycles. The van der Waals surface area contributed by atoms with Crippen molar-refractivity contribution in [2.75, 3.05) is 11.5 Å². The first kappa shape index (κ1) is 13.8. The van der Waals surface area contributed by atoms with E-state index in [1.165, 1.54) is 11.3 Å². The second-order valence-electron chi connectivity index (χ2n) is 4.17. The molecular formula is C10H13BrClNO2S2. The number of rotatable bonds is 3. The van der Waals surface area contributed by atoms with Crippen LogP contribution < -0.4 is 5.32 Å². The first-order valence-electron chi connectivity index (χ1n) is 5.34. The lowest BCUT2D eigenvalue weighted by atomic mass is 10.2. The van der Waals surface area contributed by atoms with Crippen LogP contribution in [0.5, 0.6) is 0 Å². The molecule has 0 bridgehead atoms. The van der Waals surface area contributed by atoms with Gasteiger partial charge in [-0.25, -0.2) is 8.42 Å². The number of hydrogen-bond donors (Lipinski definition) is 1. The van der Waals surface area contributed by atoms with Crippen LogP contribution in [0.25, 0.3) is 0 Å². The van der Waals surface area contributed by atoms with E-state index in [2.05, 4.69) is 21.2 Å². The van der Waals surface area contributed by atoms with E-state index in [0.717, 1.165) is 26.5 Å². The zero-order chi connectivity index (χ0) is 12.5. The summed E-state index contributed by atoms with van der Waals surface area (Å²) in [6, 6.07) is 2.05. The Morgan fingerprint density at radius 2 is 2.35 bits per heavy atom. The molecule has 0 spiro atoms. The van der Waals surface area contributed by atoms with Gasteiger partial charge in [-0.15, -0.1) is 11.3 Å². The highest BCUT2D eigenvalue weighted by Crippen LogP contribution is 2.31. The lowest BCUT2D eigenvalue weighted by Crippen LogP contribution is -2.39. The first-order chi connectivity index (χ1) is 7.96. The fraction of sp³-hybridized carbons (Fsp3) is 0.600. The fourth-order valence-corrected chi connectivity index (χ4v) is 5.32. The van der Waals surface area contributed by atoms with Gasteiger partial charge in [-0.1, -0.05) is 11.6 Å². The maximum atomic E-state index is 11.5. The third-order valence-corrected chi connectivity index (χ3v) is 7.02. The van der Waals surface area contributed by atoms with Crippen molar-refractivity contribution in [3.8, 4) is 0 Å². The molecule has 1 saturated heterocycles. The Bertz CT molecular complexity index is 481. The molecule has 2 heterocycles. The average molecular weight is 359 g/mol. The monoisotopic (exact) mass is 357 g/mol. The zero-order valence-corrected chi connectivity index (χ0v) is 13.1. The van der Waals surface area contributed by atoms with Gasteiger partial charge in [-0.3, -0.25) is 0 Å². The predicted molar refractivity (Wildman–Crippen MR) is 75.5 cm³/mol. The summed E-state index contributed by atoms with van der Waals surface area (Å²) in [4.78, 5) is 1.12. The number of sulfone groups is 1. The second-order valence-corrected chi connectivity index (χ2v) is 8.99. The van der Waals surface area contributed by atoms with E-state index in [1.54, 1.807) is 0 Å². The van der Waals surface area contributed by atoms with E-state index >= 15 is 0 Å². The Kier molecular flexibility index (Phi) is 4.52. The second kappa shape index (κ2) is 5.57. The smallest absolute Gasteiger partial charge is 0.151 e. The summed E-state index contributed by atoms with van der Waals surface area (Å²) in [6.07, 6.45) is 1.69. The first-order valence-corrected chi connectivity index (χ1v) is 9.15. The van der Waals surface area contributed by atoms with Crippen molar-refractivity contribution in [3.05, 3.63) is 19.8 Å². The largest absolute Gasteiger partial charge is 0.308 e. The van der Waals surface area contributed by atoms with E-state index in [1.807, 2.05) is 6.07 Å². The lowest BCUT2D eigenvalue weighted by Gasteiger charge is -2.22. The third kappa shape index (κ3) is 3.92. The van der Waals surface area contributed by atoms with E-state index in [0.29, 0.717) is 12.3 Å². The van der Waals surface area contributed by atoms with Crippen LogP contribution in [0.2, 0.25) is 4.34 Å².